The number of rotatable bonds is 7. The van der Waals surface area contributed by atoms with Crippen LogP contribution in [0.5, 0.6) is 0 Å². The van der Waals surface area contributed by atoms with E-state index in [0.717, 1.165) is 5.56 Å². The maximum absolute atomic E-state index is 12.7. The molecular weight excluding hydrogens is 326 g/mol. The molecule has 0 aliphatic carbocycles. The number of likely N-dealkylation sites (N-methyl/N-ethyl adjacent to an activating group) is 1. The zero-order valence-corrected chi connectivity index (χ0v) is 15.9. The van der Waals surface area contributed by atoms with Crippen LogP contribution in [0.2, 0.25) is 5.02 Å². The maximum Gasteiger partial charge on any atom is 0.318 e. The second-order valence-corrected chi connectivity index (χ2v) is 6.92. The number of nitrogens with one attached hydrogen (secondary N) is 1. The first-order valence-corrected chi connectivity index (χ1v) is 8.64. The Kier molecular flexibility index (Phi) is 8.05. The van der Waals surface area contributed by atoms with Crippen molar-refractivity contribution in [3.8, 4) is 0 Å². The number of carbonyl (C=O) groups is 2. The van der Waals surface area contributed by atoms with Crippen molar-refractivity contribution in [1.82, 2.24) is 15.1 Å². The van der Waals surface area contributed by atoms with E-state index in [0.29, 0.717) is 30.5 Å². The van der Waals surface area contributed by atoms with Gasteiger partial charge in [-0.25, -0.2) is 4.79 Å². The van der Waals surface area contributed by atoms with Crippen LogP contribution in [0.15, 0.2) is 24.3 Å². The van der Waals surface area contributed by atoms with Crippen molar-refractivity contribution >= 4 is 23.5 Å². The molecule has 3 amide bonds. The Balaban J connectivity index is 2.88. The standard InChI is InChI=1S/C18H28ClN3O2/c1-6-16(17(23)21(4)5)20-18(24)22(11-13(2)3)12-14-9-7-8-10-15(14)19/h7-10,13,16H,6,11-12H2,1-5H3,(H,20,24)/t16-/m0/s1. The molecule has 24 heavy (non-hydrogen) atoms. The molecule has 0 saturated heterocycles. The fourth-order valence-electron chi connectivity index (χ4n) is 2.38. The highest BCUT2D eigenvalue weighted by Gasteiger charge is 2.24. The molecule has 0 unspecified atom stereocenters. The monoisotopic (exact) mass is 353 g/mol. The number of halogens is 1. The lowest BCUT2D eigenvalue weighted by Gasteiger charge is -2.28. The molecule has 1 atom stereocenters. The van der Waals surface area contributed by atoms with Gasteiger partial charge in [0, 0.05) is 32.2 Å². The van der Waals surface area contributed by atoms with Gasteiger partial charge in [-0.3, -0.25) is 4.79 Å². The Bertz CT molecular complexity index is 561. The Morgan fingerprint density at radius 2 is 1.83 bits per heavy atom. The van der Waals surface area contributed by atoms with Gasteiger partial charge >= 0.3 is 6.03 Å². The van der Waals surface area contributed by atoms with E-state index < -0.39 is 6.04 Å². The molecule has 1 aromatic rings. The minimum Gasteiger partial charge on any atom is -0.347 e. The van der Waals surface area contributed by atoms with E-state index in [1.54, 1.807) is 19.0 Å². The van der Waals surface area contributed by atoms with Crippen molar-refractivity contribution in [3.63, 3.8) is 0 Å². The SMILES string of the molecule is CC[C@H](NC(=O)N(Cc1ccccc1Cl)CC(C)C)C(=O)N(C)C. The highest BCUT2D eigenvalue weighted by Crippen LogP contribution is 2.18. The lowest BCUT2D eigenvalue weighted by molar-refractivity contribution is -0.130. The summed E-state index contributed by atoms with van der Waals surface area (Å²) < 4.78 is 0. The Morgan fingerprint density at radius 3 is 2.33 bits per heavy atom. The van der Waals surface area contributed by atoms with Crippen LogP contribution in [0.1, 0.15) is 32.8 Å². The topological polar surface area (TPSA) is 52.7 Å². The maximum atomic E-state index is 12.7. The van der Waals surface area contributed by atoms with Crippen LogP contribution in [0.3, 0.4) is 0 Å². The Labute approximate surface area is 150 Å². The Hall–Kier alpha value is -1.75. The molecule has 0 saturated carbocycles. The van der Waals surface area contributed by atoms with Crippen molar-refractivity contribution in [2.75, 3.05) is 20.6 Å². The van der Waals surface area contributed by atoms with Crippen LogP contribution < -0.4 is 5.32 Å². The third kappa shape index (κ3) is 6.04. The van der Waals surface area contributed by atoms with Crippen LogP contribution in [-0.4, -0.2) is 48.4 Å². The van der Waals surface area contributed by atoms with Crippen molar-refractivity contribution in [3.05, 3.63) is 34.9 Å². The molecule has 0 fully saturated rings. The van der Waals surface area contributed by atoms with Crippen molar-refractivity contribution < 1.29 is 9.59 Å². The summed E-state index contributed by atoms with van der Waals surface area (Å²) in [7, 11) is 3.37. The lowest BCUT2D eigenvalue weighted by atomic mass is 10.1. The number of carbonyl (C=O) groups excluding carboxylic acids is 2. The van der Waals surface area contributed by atoms with Crippen molar-refractivity contribution in [2.24, 2.45) is 5.92 Å². The van der Waals surface area contributed by atoms with Gasteiger partial charge in [0.05, 0.1) is 0 Å². The van der Waals surface area contributed by atoms with Gasteiger partial charge in [0.25, 0.3) is 0 Å². The highest BCUT2D eigenvalue weighted by molar-refractivity contribution is 6.31. The summed E-state index contributed by atoms with van der Waals surface area (Å²) in [6.45, 7) is 6.98. The van der Waals surface area contributed by atoms with Gasteiger partial charge in [0.1, 0.15) is 6.04 Å². The normalized spacial score (nSPS) is 12.0. The minimum atomic E-state index is -0.520. The molecular formula is C18H28ClN3O2. The van der Waals surface area contributed by atoms with Gasteiger partial charge in [0.2, 0.25) is 5.91 Å². The summed E-state index contributed by atoms with van der Waals surface area (Å²) in [6, 6.07) is 6.72. The van der Waals surface area contributed by atoms with Gasteiger partial charge in [-0.1, -0.05) is 50.6 Å². The number of urea groups is 1. The van der Waals surface area contributed by atoms with Gasteiger partial charge in [-0.15, -0.1) is 0 Å². The van der Waals surface area contributed by atoms with Crippen molar-refractivity contribution in [1.29, 1.82) is 0 Å². The lowest BCUT2D eigenvalue weighted by Crippen LogP contribution is -2.51. The predicted octanol–water partition coefficient (Wildman–Crippen LogP) is 3.37. The molecule has 0 spiro atoms. The van der Waals surface area contributed by atoms with E-state index in [1.807, 2.05) is 31.2 Å². The summed E-state index contributed by atoms with van der Waals surface area (Å²) >= 11 is 6.22. The number of hydrogen-bond donors (Lipinski definition) is 1. The summed E-state index contributed by atoms with van der Waals surface area (Å²) in [5.41, 5.74) is 0.891. The molecule has 134 valence electrons. The zero-order chi connectivity index (χ0) is 18.3. The van der Waals surface area contributed by atoms with E-state index >= 15 is 0 Å². The first-order chi connectivity index (χ1) is 11.3. The van der Waals surface area contributed by atoms with Crippen molar-refractivity contribution in [2.45, 2.75) is 39.8 Å². The molecule has 0 bridgehead atoms. The zero-order valence-electron chi connectivity index (χ0n) is 15.2. The molecule has 0 aliphatic heterocycles. The molecule has 6 heteroatoms. The van der Waals surface area contributed by atoms with Gasteiger partial charge in [-0.05, 0) is 24.0 Å². The summed E-state index contributed by atoms with van der Waals surface area (Å²) in [5, 5.41) is 3.48. The van der Waals surface area contributed by atoms with E-state index in [2.05, 4.69) is 19.2 Å². The second kappa shape index (κ2) is 9.52. The smallest absolute Gasteiger partial charge is 0.318 e. The number of hydrogen-bond acceptors (Lipinski definition) is 2. The van der Waals surface area contributed by atoms with Crippen LogP contribution in [0.4, 0.5) is 4.79 Å². The number of amides is 3. The minimum absolute atomic E-state index is 0.104. The Morgan fingerprint density at radius 1 is 1.21 bits per heavy atom. The molecule has 0 radical (unpaired) electrons. The highest BCUT2D eigenvalue weighted by atomic mass is 35.5. The predicted molar refractivity (Wildman–Crippen MR) is 98.0 cm³/mol. The first-order valence-electron chi connectivity index (χ1n) is 8.26. The third-order valence-corrected chi connectivity index (χ3v) is 4.01. The molecule has 0 aromatic heterocycles. The molecule has 1 aromatic carbocycles. The average Bonchev–Trinajstić information content (AvgIpc) is 2.52. The van der Waals surface area contributed by atoms with E-state index in [9.17, 15) is 9.59 Å². The van der Waals surface area contributed by atoms with Crippen LogP contribution in [0, 0.1) is 5.92 Å². The average molecular weight is 354 g/mol. The quantitative estimate of drug-likeness (QED) is 0.817. The van der Waals surface area contributed by atoms with E-state index in [-0.39, 0.29) is 11.9 Å². The molecule has 0 aliphatic rings. The van der Waals surface area contributed by atoms with Gasteiger partial charge in [-0.2, -0.15) is 0 Å². The van der Waals surface area contributed by atoms with Crippen LogP contribution in [0.25, 0.3) is 0 Å². The fourth-order valence-corrected chi connectivity index (χ4v) is 2.58. The molecule has 0 heterocycles. The van der Waals surface area contributed by atoms with Crippen LogP contribution in [-0.2, 0) is 11.3 Å². The second-order valence-electron chi connectivity index (χ2n) is 6.51. The number of benzene rings is 1. The number of nitrogens with zero attached hydrogens (tertiary/aromatic N) is 2. The first kappa shape index (κ1) is 20.3. The largest absolute Gasteiger partial charge is 0.347 e. The molecule has 1 rings (SSSR count). The summed E-state index contributed by atoms with van der Waals surface area (Å²) in [4.78, 5) is 28.0. The molecule has 5 nitrogen and oxygen atoms in total. The van der Waals surface area contributed by atoms with Crippen LogP contribution >= 0.6 is 11.6 Å². The third-order valence-electron chi connectivity index (χ3n) is 3.64. The van der Waals surface area contributed by atoms with E-state index in [1.165, 1.54) is 4.90 Å². The summed E-state index contributed by atoms with van der Waals surface area (Å²) in [5.74, 6) is 0.205. The van der Waals surface area contributed by atoms with Gasteiger partial charge < -0.3 is 15.1 Å². The van der Waals surface area contributed by atoms with Gasteiger partial charge in [0.15, 0.2) is 0 Å². The molecule has 1 N–H and O–H groups in total. The summed E-state index contributed by atoms with van der Waals surface area (Å²) in [6.07, 6.45) is 0.546. The van der Waals surface area contributed by atoms with E-state index in [4.69, 9.17) is 11.6 Å². The fraction of sp³-hybridized carbons (Fsp3) is 0.556.